The summed E-state index contributed by atoms with van der Waals surface area (Å²) in [5.74, 6) is -5.27. The van der Waals surface area contributed by atoms with Crippen molar-refractivity contribution in [3.05, 3.63) is 103 Å². The Labute approximate surface area is 236 Å². The molecule has 0 saturated heterocycles. The maximum absolute atomic E-state index is 14.3. The number of non-ortho nitro benzene ring substituents is 1. The molecule has 1 aliphatic carbocycles. The third-order valence-electron chi connectivity index (χ3n) is 7.30. The fourth-order valence-electron chi connectivity index (χ4n) is 5.63. The maximum atomic E-state index is 14.3. The summed E-state index contributed by atoms with van der Waals surface area (Å²) in [5, 5.41) is 13.2. The van der Waals surface area contributed by atoms with E-state index in [4.69, 9.17) is 4.74 Å². The summed E-state index contributed by atoms with van der Waals surface area (Å²) in [4.78, 5) is 53.7. The number of allylic oxidation sites excluding steroid dienone is 2. The number of nitro groups is 1. The second-order valence-corrected chi connectivity index (χ2v) is 10.6. The molecular formula is C29H23F3N2O6S. The Morgan fingerprint density at radius 1 is 1.10 bits per heavy atom. The predicted molar refractivity (Wildman–Crippen MR) is 143 cm³/mol. The molecule has 5 rings (SSSR count). The number of hydrogen-bond acceptors (Lipinski definition) is 7. The molecule has 8 nitrogen and oxygen atoms in total. The minimum Gasteiger partial charge on any atom is -0.465 e. The number of nitrogens with zero attached hydrogens (tertiary/aromatic N) is 2. The molecule has 12 heteroatoms. The first-order valence-electron chi connectivity index (χ1n) is 12.7. The zero-order chi connectivity index (χ0) is 29.5. The molecule has 3 aromatic rings. The fraction of sp³-hybridized carbons (Fsp3) is 0.276. The number of Topliss-reactive ketones (excluding diaryl/α,β-unsaturated/α-hetero) is 1. The lowest BCUT2D eigenvalue weighted by molar-refractivity contribution is -0.384. The number of nitro benzene ring substituents is 1. The highest BCUT2D eigenvalue weighted by Gasteiger charge is 2.51. The maximum Gasteiger partial charge on any atom is 0.418 e. The Kier molecular flexibility index (Phi) is 7.52. The number of ketones is 1. The SMILES string of the molecule is CCOC(=O)[C@@H]1C(=O)C2=C(C[C@H]1c1cccs1)N(c1ccccc1C(F)(F)F)C(=O)C[C@@H]2c1cccc([N+](=O)[O-])c1. The highest BCUT2D eigenvalue weighted by atomic mass is 32.1. The summed E-state index contributed by atoms with van der Waals surface area (Å²) >= 11 is 1.28. The Morgan fingerprint density at radius 3 is 2.51 bits per heavy atom. The number of thiophene rings is 1. The van der Waals surface area contributed by atoms with Gasteiger partial charge < -0.3 is 4.74 Å². The van der Waals surface area contributed by atoms with Gasteiger partial charge in [-0.1, -0.05) is 30.3 Å². The van der Waals surface area contributed by atoms with Crippen LogP contribution in [0.2, 0.25) is 0 Å². The molecular weight excluding hydrogens is 561 g/mol. The third-order valence-corrected chi connectivity index (χ3v) is 8.31. The van der Waals surface area contributed by atoms with Crippen molar-refractivity contribution in [2.75, 3.05) is 11.5 Å². The van der Waals surface area contributed by atoms with Gasteiger partial charge in [0.15, 0.2) is 5.78 Å². The van der Waals surface area contributed by atoms with Gasteiger partial charge in [0.1, 0.15) is 5.92 Å². The molecule has 0 bridgehead atoms. The van der Waals surface area contributed by atoms with E-state index in [0.29, 0.717) is 4.88 Å². The molecule has 2 heterocycles. The number of para-hydroxylation sites is 1. The molecule has 41 heavy (non-hydrogen) atoms. The summed E-state index contributed by atoms with van der Waals surface area (Å²) in [6, 6.07) is 13.5. The Balaban J connectivity index is 1.77. The lowest BCUT2D eigenvalue weighted by Crippen LogP contribution is -2.47. The number of rotatable bonds is 6. The zero-order valence-electron chi connectivity index (χ0n) is 21.6. The summed E-state index contributed by atoms with van der Waals surface area (Å²) in [5.41, 5.74) is -1.46. The molecule has 1 aromatic heterocycles. The van der Waals surface area contributed by atoms with Crippen LogP contribution in [0, 0.1) is 16.0 Å². The van der Waals surface area contributed by atoms with Crippen LogP contribution in [0.15, 0.2) is 77.3 Å². The largest absolute Gasteiger partial charge is 0.465 e. The van der Waals surface area contributed by atoms with Crippen LogP contribution in [-0.2, 0) is 25.3 Å². The van der Waals surface area contributed by atoms with Crippen LogP contribution in [0.25, 0.3) is 0 Å². The van der Waals surface area contributed by atoms with Gasteiger partial charge in [0.2, 0.25) is 5.91 Å². The summed E-state index contributed by atoms with van der Waals surface area (Å²) in [7, 11) is 0. The van der Waals surface area contributed by atoms with Gasteiger partial charge in [-0.2, -0.15) is 13.2 Å². The van der Waals surface area contributed by atoms with Crippen LogP contribution in [0.5, 0.6) is 0 Å². The number of amides is 1. The van der Waals surface area contributed by atoms with E-state index in [-0.39, 0.29) is 35.5 Å². The van der Waals surface area contributed by atoms with Gasteiger partial charge >= 0.3 is 12.1 Å². The molecule has 0 N–H and O–H groups in total. The molecule has 1 aliphatic heterocycles. The number of alkyl halides is 3. The third kappa shape index (κ3) is 5.15. The van der Waals surface area contributed by atoms with Crippen LogP contribution in [-0.4, -0.2) is 29.2 Å². The highest BCUT2D eigenvalue weighted by Crippen LogP contribution is 2.51. The highest BCUT2D eigenvalue weighted by molar-refractivity contribution is 7.10. The second kappa shape index (κ2) is 10.9. The predicted octanol–water partition coefficient (Wildman–Crippen LogP) is 6.39. The average Bonchev–Trinajstić information content (AvgIpc) is 3.47. The Morgan fingerprint density at radius 2 is 1.85 bits per heavy atom. The molecule has 0 radical (unpaired) electrons. The molecule has 2 aliphatic rings. The van der Waals surface area contributed by atoms with Crippen LogP contribution in [0.3, 0.4) is 0 Å². The quantitative estimate of drug-likeness (QED) is 0.144. The number of benzene rings is 2. The van der Waals surface area contributed by atoms with Crippen molar-refractivity contribution < 1.29 is 37.2 Å². The standard InChI is InChI=1S/C29H23F3N2O6S/c1-2-40-28(37)26-19(23-11-6-12-41-23)14-22-25(27(26)36)18(16-7-5-8-17(13-16)34(38)39)15-24(35)33(22)21-10-4-3-9-20(21)29(30,31)32/h3-13,18-19,26H,2,14-15H2,1H3/t18-,19+,26+/m1/s1. The topological polar surface area (TPSA) is 107 Å². The number of anilines is 1. The van der Waals surface area contributed by atoms with Crippen molar-refractivity contribution in [3.8, 4) is 0 Å². The normalized spacial score (nSPS) is 21.1. The Bertz CT molecular complexity index is 1570. The lowest BCUT2D eigenvalue weighted by Gasteiger charge is -2.42. The molecule has 3 atom stereocenters. The van der Waals surface area contributed by atoms with E-state index in [1.54, 1.807) is 24.4 Å². The lowest BCUT2D eigenvalue weighted by atomic mass is 9.69. The number of hydrogen-bond donors (Lipinski definition) is 0. The van der Waals surface area contributed by atoms with Gasteiger partial charge in [0.05, 0.1) is 22.8 Å². The molecule has 0 unspecified atom stereocenters. The van der Waals surface area contributed by atoms with Gasteiger partial charge in [0, 0.05) is 46.5 Å². The van der Waals surface area contributed by atoms with Gasteiger partial charge in [-0.25, -0.2) is 0 Å². The van der Waals surface area contributed by atoms with Crippen molar-refractivity contribution in [3.63, 3.8) is 0 Å². The van der Waals surface area contributed by atoms with Crippen molar-refractivity contribution in [2.24, 2.45) is 5.92 Å². The molecule has 0 fully saturated rings. The van der Waals surface area contributed by atoms with Crippen LogP contribution >= 0.6 is 11.3 Å². The summed E-state index contributed by atoms with van der Waals surface area (Å²) < 4.78 is 47.6. The number of halogens is 3. The molecule has 0 saturated carbocycles. The van der Waals surface area contributed by atoms with Crippen LogP contribution < -0.4 is 4.90 Å². The van der Waals surface area contributed by atoms with Crippen LogP contribution in [0.4, 0.5) is 24.5 Å². The van der Waals surface area contributed by atoms with Crippen molar-refractivity contribution in [2.45, 2.75) is 37.8 Å². The molecule has 1 amide bonds. The smallest absolute Gasteiger partial charge is 0.418 e. The van der Waals surface area contributed by atoms with E-state index < -0.39 is 64.2 Å². The first kappa shape index (κ1) is 28.2. The summed E-state index contributed by atoms with van der Waals surface area (Å²) in [6.07, 6.45) is -5.33. The van der Waals surface area contributed by atoms with E-state index in [1.165, 1.54) is 53.8 Å². The van der Waals surface area contributed by atoms with Crippen LogP contribution in [0.1, 0.15) is 47.6 Å². The first-order chi connectivity index (χ1) is 19.5. The number of esters is 1. The minimum atomic E-state index is -4.80. The van der Waals surface area contributed by atoms with E-state index in [2.05, 4.69) is 0 Å². The van der Waals surface area contributed by atoms with Crippen molar-refractivity contribution >= 4 is 40.4 Å². The number of ether oxygens (including phenoxy) is 1. The summed E-state index contributed by atoms with van der Waals surface area (Å²) in [6.45, 7) is 1.60. The van der Waals surface area contributed by atoms with Gasteiger partial charge in [0.25, 0.3) is 5.69 Å². The first-order valence-corrected chi connectivity index (χ1v) is 13.6. The molecule has 2 aromatic carbocycles. The fourth-order valence-corrected chi connectivity index (χ4v) is 6.50. The molecule has 0 spiro atoms. The van der Waals surface area contributed by atoms with Crippen molar-refractivity contribution in [1.29, 1.82) is 0 Å². The minimum absolute atomic E-state index is 0.00353. The van der Waals surface area contributed by atoms with Gasteiger partial charge in [-0.15, -0.1) is 11.3 Å². The van der Waals surface area contributed by atoms with Gasteiger partial charge in [-0.05, 0) is 42.5 Å². The van der Waals surface area contributed by atoms with Gasteiger partial charge in [-0.3, -0.25) is 29.4 Å². The monoisotopic (exact) mass is 584 g/mol. The van der Waals surface area contributed by atoms with Crippen molar-refractivity contribution in [1.82, 2.24) is 0 Å². The molecule has 212 valence electrons. The van der Waals surface area contributed by atoms with E-state index >= 15 is 0 Å². The second-order valence-electron chi connectivity index (χ2n) is 9.63. The Hall–Kier alpha value is -4.32. The number of carbonyl (C=O) groups is 3. The van der Waals surface area contributed by atoms with E-state index in [9.17, 15) is 37.7 Å². The van der Waals surface area contributed by atoms with E-state index in [0.717, 1.165) is 11.0 Å². The van der Waals surface area contributed by atoms with E-state index in [1.807, 2.05) is 0 Å². The average molecular weight is 585 g/mol. The zero-order valence-corrected chi connectivity index (χ0v) is 22.4. The number of carbonyl (C=O) groups excluding carboxylic acids is 3.